The average molecular weight is 302 g/mol. The van der Waals surface area contributed by atoms with Gasteiger partial charge >= 0.3 is 0 Å². The molecule has 2 rings (SSSR count). The van der Waals surface area contributed by atoms with E-state index in [1.165, 1.54) is 7.11 Å². The predicted octanol–water partition coefficient (Wildman–Crippen LogP) is 3.61. The molecule has 4 nitrogen and oxygen atoms in total. The van der Waals surface area contributed by atoms with Gasteiger partial charge in [0.25, 0.3) is 0 Å². The molecule has 0 N–H and O–H groups in total. The van der Waals surface area contributed by atoms with Crippen LogP contribution < -0.4 is 9.47 Å². The molecule has 0 atom stereocenters. The molecule has 0 aliphatic heterocycles. The molecule has 0 aliphatic rings. The van der Waals surface area contributed by atoms with Crippen molar-refractivity contribution in [1.82, 2.24) is 0 Å². The van der Waals surface area contributed by atoms with Crippen molar-refractivity contribution in [3.05, 3.63) is 58.1 Å². The number of carbonyl (C=O) groups is 1. The molecule has 5 heteroatoms. The fraction of sp³-hybridized carbons (Fsp3) is 0.125. The first-order valence-electron chi connectivity index (χ1n) is 6.12. The summed E-state index contributed by atoms with van der Waals surface area (Å²) >= 11 is 6.03. The number of carbonyl (C=O) groups excluding carboxylic acids is 1. The minimum atomic E-state index is 0.280. The van der Waals surface area contributed by atoms with E-state index in [9.17, 15) is 4.79 Å². The van der Waals surface area contributed by atoms with Crippen molar-refractivity contribution in [2.75, 3.05) is 7.11 Å². The summed E-state index contributed by atoms with van der Waals surface area (Å²) in [5.41, 5.74) is 1.81. The van der Waals surface area contributed by atoms with Gasteiger partial charge in [-0.3, -0.25) is 4.79 Å². The number of rotatable bonds is 5. The number of ether oxygens (including phenoxy) is 2. The lowest BCUT2D eigenvalue weighted by Crippen LogP contribution is -1.98. The number of benzene rings is 2. The number of methoxy groups -OCH3 is 1. The zero-order valence-electron chi connectivity index (χ0n) is 11.3. The third kappa shape index (κ3) is 3.53. The summed E-state index contributed by atoms with van der Waals surface area (Å²) in [7, 11) is 1.51. The van der Waals surface area contributed by atoms with Crippen LogP contribution in [-0.2, 0) is 6.61 Å². The Balaban J connectivity index is 2.13. The quantitative estimate of drug-likeness (QED) is 0.792. The largest absolute Gasteiger partial charge is 0.495 e. The molecular weight excluding hydrogens is 290 g/mol. The molecule has 0 amide bonds. The van der Waals surface area contributed by atoms with Crippen LogP contribution in [0.15, 0.2) is 36.4 Å². The van der Waals surface area contributed by atoms with Gasteiger partial charge in [-0.2, -0.15) is 5.26 Å². The Bertz CT molecular complexity index is 707. The van der Waals surface area contributed by atoms with E-state index in [0.717, 1.165) is 11.8 Å². The summed E-state index contributed by atoms with van der Waals surface area (Å²) in [6, 6.07) is 12.1. The van der Waals surface area contributed by atoms with Crippen LogP contribution in [0.1, 0.15) is 21.5 Å². The van der Waals surface area contributed by atoms with Gasteiger partial charge in [-0.1, -0.05) is 17.7 Å². The molecular formula is C16H12ClNO3. The zero-order valence-corrected chi connectivity index (χ0v) is 12.1. The lowest BCUT2D eigenvalue weighted by atomic mass is 10.1. The molecule has 0 bridgehead atoms. The SMILES string of the molecule is COc1cc(COc2ccc(C=O)cc2Cl)ccc1C#N. The van der Waals surface area contributed by atoms with E-state index < -0.39 is 0 Å². The van der Waals surface area contributed by atoms with Crippen LogP contribution in [0.5, 0.6) is 11.5 Å². The number of aldehydes is 1. The maximum atomic E-state index is 10.6. The van der Waals surface area contributed by atoms with E-state index >= 15 is 0 Å². The maximum absolute atomic E-state index is 10.6. The molecule has 106 valence electrons. The van der Waals surface area contributed by atoms with Gasteiger partial charge in [-0.05, 0) is 35.9 Å². The van der Waals surface area contributed by atoms with Crippen molar-refractivity contribution in [2.45, 2.75) is 6.61 Å². The van der Waals surface area contributed by atoms with Crippen LogP contribution in [0.3, 0.4) is 0 Å². The lowest BCUT2D eigenvalue weighted by molar-refractivity contribution is 0.112. The number of hydrogen-bond donors (Lipinski definition) is 0. The topological polar surface area (TPSA) is 59.3 Å². The van der Waals surface area contributed by atoms with Gasteiger partial charge in [-0.25, -0.2) is 0 Å². The first kappa shape index (κ1) is 14.9. The Morgan fingerprint density at radius 2 is 2.05 bits per heavy atom. The van der Waals surface area contributed by atoms with Crippen molar-refractivity contribution in [3.8, 4) is 17.6 Å². The average Bonchev–Trinajstić information content (AvgIpc) is 2.53. The first-order valence-corrected chi connectivity index (χ1v) is 6.50. The van der Waals surface area contributed by atoms with Crippen LogP contribution in [0.4, 0.5) is 0 Å². The number of nitrogens with zero attached hydrogens (tertiary/aromatic N) is 1. The minimum Gasteiger partial charge on any atom is -0.495 e. The van der Waals surface area contributed by atoms with Gasteiger partial charge in [0.15, 0.2) is 0 Å². The molecule has 0 saturated carbocycles. The van der Waals surface area contributed by atoms with Crippen LogP contribution >= 0.6 is 11.6 Å². The minimum absolute atomic E-state index is 0.280. The molecule has 0 radical (unpaired) electrons. The van der Waals surface area contributed by atoms with Crippen LogP contribution in [-0.4, -0.2) is 13.4 Å². The third-order valence-electron chi connectivity index (χ3n) is 2.87. The summed E-state index contributed by atoms with van der Waals surface area (Å²) < 4.78 is 10.7. The first-order chi connectivity index (χ1) is 10.2. The lowest BCUT2D eigenvalue weighted by Gasteiger charge is -2.10. The third-order valence-corrected chi connectivity index (χ3v) is 3.17. The standard InChI is InChI=1S/C16H12ClNO3/c1-20-16-7-12(2-4-13(16)8-18)10-21-15-5-3-11(9-19)6-14(15)17/h2-7,9H,10H2,1H3. The summed E-state index contributed by atoms with van der Waals surface area (Å²) in [5.74, 6) is 0.992. The Morgan fingerprint density at radius 1 is 1.24 bits per heavy atom. The highest BCUT2D eigenvalue weighted by Crippen LogP contribution is 2.26. The number of hydrogen-bond acceptors (Lipinski definition) is 4. The van der Waals surface area contributed by atoms with Crippen molar-refractivity contribution in [3.63, 3.8) is 0 Å². The van der Waals surface area contributed by atoms with Crippen molar-refractivity contribution in [1.29, 1.82) is 5.26 Å². The molecule has 0 fully saturated rings. The fourth-order valence-electron chi connectivity index (χ4n) is 1.79. The molecule has 0 saturated heterocycles. The van der Waals surface area contributed by atoms with Crippen molar-refractivity contribution in [2.24, 2.45) is 0 Å². The van der Waals surface area contributed by atoms with Gasteiger partial charge < -0.3 is 9.47 Å². The molecule has 0 heterocycles. The van der Waals surface area contributed by atoms with Crippen LogP contribution in [0.25, 0.3) is 0 Å². The molecule has 2 aromatic rings. The summed E-state index contributed by atoms with van der Waals surface area (Å²) in [5, 5.41) is 9.30. The predicted molar refractivity (Wildman–Crippen MR) is 78.9 cm³/mol. The van der Waals surface area contributed by atoms with Crippen molar-refractivity contribution < 1.29 is 14.3 Å². The Morgan fingerprint density at radius 3 is 2.67 bits per heavy atom. The molecule has 21 heavy (non-hydrogen) atoms. The molecule has 0 aliphatic carbocycles. The molecule has 0 aromatic heterocycles. The molecule has 2 aromatic carbocycles. The Kier molecular flexibility index (Phi) is 4.81. The highest BCUT2D eigenvalue weighted by atomic mass is 35.5. The Hall–Kier alpha value is -2.51. The fourth-order valence-corrected chi connectivity index (χ4v) is 2.03. The van der Waals surface area contributed by atoms with E-state index in [-0.39, 0.29) is 6.61 Å². The highest BCUT2D eigenvalue weighted by Gasteiger charge is 2.06. The van der Waals surface area contributed by atoms with E-state index in [0.29, 0.717) is 27.6 Å². The van der Waals surface area contributed by atoms with Gasteiger partial charge in [0.1, 0.15) is 30.5 Å². The molecule has 0 unspecified atom stereocenters. The monoisotopic (exact) mass is 301 g/mol. The smallest absolute Gasteiger partial charge is 0.150 e. The second kappa shape index (κ2) is 6.78. The number of halogens is 1. The van der Waals surface area contributed by atoms with E-state index in [2.05, 4.69) is 0 Å². The molecule has 0 spiro atoms. The second-order valence-corrected chi connectivity index (χ2v) is 4.65. The van der Waals surface area contributed by atoms with Gasteiger partial charge in [0, 0.05) is 5.56 Å². The Labute approximate surface area is 127 Å². The second-order valence-electron chi connectivity index (χ2n) is 4.24. The van der Waals surface area contributed by atoms with Crippen molar-refractivity contribution >= 4 is 17.9 Å². The number of nitriles is 1. The van der Waals surface area contributed by atoms with Crippen LogP contribution in [0, 0.1) is 11.3 Å². The summed E-state index contributed by atoms with van der Waals surface area (Å²) in [6.07, 6.45) is 0.723. The van der Waals surface area contributed by atoms with E-state index in [1.807, 2.05) is 6.07 Å². The normalized spacial score (nSPS) is 9.76. The van der Waals surface area contributed by atoms with Gasteiger partial charge in [-0.15, -0.1) is 0 Å². The highest BCUT2D eigenvalue weighted by molar-refractivity contribution is 6.32. The van der Waals surface area contributed by atoms with Crippen LogP contribution in [0.2, 0.25) is 5.02 Å². The maximum Gasteiger partial charge on any atom is 0.150 e. The van der Waals surface area contributed by atoms with E-state index in [4.69, 9.17) is 26.3 Å². The summed E-state index contributed by atoms with van der Waals surface area (Å²) in [4.78, 5) is 10.6. The zero-order chi connectivity index (χ0) is 15.2. The summed E-state index contributed by atoms with van der Waals surface area (Å²) in [6.45, 7) is 0.280. The van der Waals surface area contributed by atoms with Gasteiger partial charge in [0.05, 0.1) is 17.7 Å². The van der Waals surface area contributed by atoms with Gasteiger partial charge in [0.2, 0.25) is 0 Å². The van der Waals surface area contributed by atoms with E-state index in [1.54, 1.807) is 36.4 Å².